The number of rotatable bonds is 7. The van der Waals surface area contributed by atoms with Crippen molar-refractivity contribution < 1.29 is 18.7 Å². The van der Waals surface area contributed by atoms with Gasteiger partial charge >= 0.3 is 6.03 Å². The highest BCUT2D eigenvalue weighted by Gasteiger charge is 2.14. The summed E-state index contributed by atoms with van der Waals surface area (Å²) in [5, 5.41) is 5.00. The number of hydrogen-bond acceptors (Lipinski definition) is 4. The molecule has 2 aromatic rings. The predicted octanol–water partition coefficient (Wildman–Crippen LogP) is 3.62. The number of imide groups is 1. The SMILES string of the molecule is CCN(CC(=O)NC(=O)Nc1ccc(C)cc1C)Cc1ccc(OC)c(F)c1. The third-order valence-corrected chi connectivity index (χ3v) is 4.32. The average molecular weight is 387 g/mol. The second kappa shape index (κ2) is 9.85. The standard InChI is InChI=1S/C21H26FN3O3/c1-5-25(12-16-7-9-19(28-4)17(22)11-16)13-20(26)24-21(27)23-18-8-6-14(2)10-15(18)3/h6-11H,5,12-13H2,1-4H3,(H2,23,24,26,27). The minimum Gasteiger partial charge on any atom is -0.494 e. The first-order valence-corrected chi connectivity index (χ1v) is 9.05. The van der Waals surface area contributed by atoms with Gasteiger partial charge < -0.3 is 10.1 Å². The summed E-state index contributed by atoms with van der Waals surface area (Å²) in [6.45, 7) is 6.71. The maximum Gasteiger partial charge on any atom is 0.325 e. The van der Waals surface area contributed by atoms with Gasteiger partial charge in [-0.25, -0.2) is 9.18 Å². The van der Waals surface area contributed by atoms with Crippen molar-refractivity contribution in [3.05, 3.63) is 58.9 Å². The molecule has 0 aromatic heterocycles. The van der Waals surface area contributed by atoms with E-state index in [0.29, 0.717) is 24.3 Å². The number of urea groups is 1. The molecule has 150 valence electrons. The van der Waals surface area contributed by atoms with Crippen LogP contribution in [0, 0.1) is 19.7 Å². The van der Waals surface area contributed by atoms with Crippen molar-refractivity contribution in [3.63, 3.8) is 0 Å². The van der Waals surface area contributed by atoms with Crippen molar-refractivity contribution in [3.8, 4) is 5.75 Å². The monoisotopic (exact) mass is 387 g/mol. The molecule has 0 saturated heterocycles. The third-order valence-electron chi connectivity index (χ3n) is 4.32. The lowest BCUT2D eigenvalue weighted by Crippen LogP contribution is -2.41. The number of halogens is 1. The Balaban J connectivity index is 1.90. The lowest BCUT2D eigenvalue weighted by molar-refractivity contribution is -0.121. The zero-order chi connectivity index (χ0) is 20.7. The van der Waals surface area contributed by atoms with Crippen LogP contribution < -0.4 is 15.4 Å². The molecule has 0 aliphatic carbocycles. The van der Waals surface area contributed by atoms with Gasteiger partial charge in [-0.2, -0.15) is 0 Å². The molecule has 2 N–H and O–H groups in total. The van der Waals surface area contributed by atoms with Gasteiger partial charge in [-0.15, -0.1) is 0 Å². The molecular weight excluding hydrogens is 361 g/mol. The average Bonchev–Trinajstić information content (AvgIpc) is 2.63. The summed E-state index contributed by atoms with van der Waals surface area (Å²) >= 11 is 0. The van der Waals surface area contributed by atoms with Gasteiger partial charge in [-0.05, 0) is 49.7 Å². The molecule has 0 atom stereocenters. The number of benzene rings is 2. The van der Waals surface area contributed by atoms with Crippen LogP contribution in [0.1, 0.15) is 23.6 Å². The van der Waals surface area contributed by atoms with Crippen LogP contribution in [0.4, 0.5) is 14.9 Å². The number of methoxy groups -OCH3 is 1. The highest BCUT2D eigenvalue weighted by Crippen LogP contribution is 2.19. The summed E-state index contributed by atoms with van der Waals surface area (Å²) in [5.74, 6) is -0.709. The van der Waals surface area contributed by atoms with Gasteiger partial charge in [0.25, 0.3) is 0 Å². The van der Waals surface area contributed by atoms with Crippen LogP contribution >= 0.6 is 0 Å². The molecule has 6 nitrogen and oxygen atoms in total. The van der Waals surface area contributed by atoms with Gasteiger partial charge in [0.2, 0.25) is 5.91 Å². The smallest absolute Gasteiger partial charge is 0.325 e. The Morgan fingerprint density at radius 2 is 1.89 bits per heavy atom. The van der Waals surface area contributed by atoms with Crippen molar-refractivity contribution in [1.29, 1.82) is 0 Å². The Hall–Kier alpha value is -2.93. The highest BCUT2D eigenvalue weighted by molar-refractivity contribution is 6.02. The number of carbonyl (C=O) groups excluding carboxylic acids is 2. The molecule has 2 aromatic carbocycles. The second-order valence-corrected chi connectivity index (χ2v) is 6.59. The van der Waals surface area contributed by atoms with E-state index in [2.05, 4.69) is 10.6 Å². The van der Waals surface area contributed by atoms with Crippen LogP contribution in [-0.4, -0.2) is 37.0 Å². The number of anilines is 1. The lowest BCUT2D eigenvalue weighted by atomic mass is 10.1. The van der Waals surface area contributed by atoms with Crippen molar-refractivity contribution in [1.82, 2.24) is 10.2 Å². The van der Waals surface area contributed by atoms with E-state index in [9.17, 15) is 14.0 Å². The molecule has 0 aliphatic rings. The van der Waals surface area contributed by atoms with Gasteiger partial charge in [0.1, 0.15) is 0 Å². The predicted molar refractivity (Wildman–Crippen MR) is 107 cm³/mol. The molecule has 0 unspecified atom stereocenters. The zero-order valence-electron chi connectivity index (χ0n) is 16.6. The number of nitrogens with one attached hydrogen (secondary N) is 2. The molecule has 28 heavy (non-hydrogen) atoms. The van der Waals surface area contributed by atoms with Crippen LogP contribution in [0.25, 0.3) is 0 Å². The maximum absolute atomic E-state index is 13.8. The molecule has 0 bridgehead atoms. The topological polar surface area (TPSA) is 70.7 Å². The molecule has 0 spiro atoms. The minimum absolute atomic E-state index is 0.0183. The Morgan fingerprint density at radius 3 is 2.50 bits per heavy atom. The highest BCUT2D eigenvalue weighted by atomic mass is 19.1. The van der Waals surface area contributed by atoms with Crippen LogP contribution in [0.3, 0.4) is 0 Å². The molecule has 0 aliphatic heterocycles. The van der Waals surface area contributed by atoms with Gasteiger partial charge in [0.05, 0.1) is 13.7 Å². The van der Waals surface area contributed by atoms with E-state index in [0.717, 1.165) is 11.1 Å². The molecule has 2 rings (SSSR count). The van der Waals surface area contributed by atoms with Crippen molar-refractivity contribution in [2.24, 2.45) is 0 Å². The molecule has 7 heteroatoms. The third kappa shape index (κ3) is 6.06. The van der Waals surface area contributed by atoms with E-state index in [1.807, 2.05) is 32.9 Å². The fourth-order valence-electron chi connectivity index (χ4n) is 2.82. The van der Waals surface area contributed by atoms with E-state index in [4.69, 9.17) is 4.74 Å². The Bertz CT molecular complexity index is 855. The Morgan fingerprint density at radius 1 is 1.14 bits per heavy atom. The lowest BCUT2D eigenvalue weighted by Gasteiger charge is -2.20. The van der Waals surface area contributed by atoms with E-state index in [-0.39, 0.29) is 12.3 Å². The summed E-state index contributed by atoms with van der Waals surface area (Å²) in [7, 11) is 1.41. The van der Waals surface area contributed by atoms with Crippen molar-refractivity contribution >= 4 is 17.6 Å². The van der Waals surface area contributed by atoms with Crippen molar-refractivity contribution in [2.75, 3.05) is 25.5 Å². The summed E-state index contributed by atoms with van der Waals surface area (Å²) in [5.41, 5.74) is 3.37. The number of likely N-dealkylation sites (N-methyl/N-ethyl adjacent to an activating group) is 1. The van der Waals surface area contributed by atoms with Gasteiger partial charge in [-0.1, -0.05) is 30.7 Å². The van der Waals surface area contributed by atoms with Crippen LogP contribution in [0.5, 0.6) is 5.75 Å². The van der Waals surface area contributed by atoms with Gasteiger partial charge in [0.15, 0.2) is 11.6 Å². The fourth-order valence-corrected chi connectivity index (χ4v) is 2.82. The fraction of sp³-hybridized carbons (Fsp3) is 0.333. The molecule has 0 fully saturated rings. The van der Waals surface area contributed by atoms with Gasteiger partial charge in [-0.3, -0.25) is 15.0 Å². The first kappa shape index (κ1) is 21.4. The summed E-state index contributed by atoms with van der Waals surface area (Å²) in [6.07, 6.45) is 0. The maximum atomic E-state index is 13.8. The van der Waals surface area contributed by atoms with Crippen LogP contribution in [-0.2, 0) is 11.3 Å². The number of aryl methyl sites for hydroxylation is 2. The zero-order valence-corrected chi connectivity index (χ0v) is 16.6. The minimum atomic E-state index is -0.580. The first-order chi connectivity index (χ1) is 13.3. The molecule has 0 heterocycles. The molecular formula is C21H26FN3O3. The number of hydrogen-bond donors (Lipinski definition) is 2. The second-order valence-electron chi connectivity index (χ2n) is 6.59. The summed E-state index contributed by atoms with van der Waals surface area (Å²) in [4.78, 5) is 26.1. The molecule has 0 saturated carbocycles. The van der Waals surface area contributed by atoms with Crippen LogP contribution in [0.2, 0.25) is 0 Å². The number of nitrogens with zero attached hydrogens (tertiary/aromatic N) is 1. The Labute approximate surface area is 164 Å². The largest absolute Gasteiger partial charge is 0.494 e. The van der Waals surface area contributed by atoms with Gasteiger partial charge in [0, 0.05) is 12.2 Å². The normalized spacial score (nSPS) is 10.6. The van der Waals surface area contributed by atoms with Crippen LogP contribution in [0.15, 0.2) is 36.4 Å². The first-order valence-electron chi connectivity index (χ1n) is 9.05. The molecule has 0 radical (unpaired) electrons. The number of carbonyl (C=O) groups is 2. The molecule has 3 amide bonds. The number of ether oxygens (including phenoxy) is 1. The van der Waals surface area contributed by atoms with Crippen molar-refractivity contribution in [2.45, 2.75) is 27.3 Å². The summed E-state index contributed by atoms with van der Waals surface area (Å²) in [6, 6.07) is 9.73. The van der Waals surface area contributed by atoms with E-state index < -0.39 is 17.8 Å². The van der Waals surface area contributed by atoms with E-state index in [1.54, 1.807) is 23.1 Å². The Kier molecular flexibility index (Phi) is 7.52. The van der Waals surface area contributed by atoms with E-state index >= 15 is 0 Å². The quantitative estimate of drug-likeness (QED) is 0.761. The number of amides is 3. The summed E-state index contributed by atoms with van der Waals surface area (Å²) < 4.78 is 18.7. The van der Waals surface area contributed by atoms with E-state index in [1.165, 1.54) is 13.2 Å².